The summed E-state index contributed by atoms with van der Waals surface area (Å²) in [7, 11) is 0. The maximum absolute atomic E-state index is 12.0. The van der Waals surface area contributed by atoms with Crippen LogP contribution in [0.3, 0.4) is 0 Å². The van der Waals surface area contributed by atoms with Gasteiger partial charge in [0.2, 0.25) is 5.91 Å². The summed E-state index contributed by atoms with van der Waals surface area (Å²) >= 11 is 2.90. The van der Waals surface area contributed by atoms with Crippen molar-refractivity contribution in [2.75, 3.05) is 11.9 Å². The van der Waals surface area contributed by atoms with Crippen molar-refractivity contribution in [2.45, 2.75) is 6.42 Å². The molecule has 1 aromatic carbocycles. The number of aliphatic carboxylic acids is 1. The van der Waals surface area contributed by atoms with Crippen molar-refractivity contribution in [1.82, 2.24) is 4.98 Å². The van der Waals surface area contributed by atoms with E-state index in [-0.39, 0.29) is 12.5 Å². The zero-order valence-electron chi connectivity index (χ0n) is 13.0. The molecular weight excluding hydrogens is 360 g/mol. The van der Waals surface area contributed by atoms with E-state index in [2.05, 4.69) is 10.3 Å². The van der Waals surface area contributed by atoms with Crippen LogP contribution in [0.25, 0.3) is 11.3 Å². The fourth-order valence-electron chi connectivity index (χ4n) is 2.07. The number of benzene rings is 1. The first-order chi connectivity index (χ1) is 12.1. The third kappa shape index (κ3) is 4.88. The van der Waals surface area contributed by atoms with Crippen LogP contribution in [0.1, 0.15) is 4.88 Å². The predicted molar refractivity (Wildman–Crippen MR) is 97.3 cm³/mol. The lowest BCUT2D eigenvalue weighted by molar-refractivity contribution is -0.139. The second-order valence-corrected chi connectivity index (χ2v) is 6.94. The van der Waals surface area contributed by atoms with Gasteiger partial charge in [0.1, 0.15) is 5.75 Å². The fourth-order valence-corrected chi connectivity index (χ4v) is 3.50. The highest BCUT2D eigenvalue weighted by atomic mass is 32.1. The molecule has 0 radical (unpaired) electrons. The molecule has 2 aromatic heterocycles. The van der Waals surface area contributed by atoms with Gasteiger partial charge in [-0.25, -0.2) is 9.78 Å². The second-order valence-electron chi connectivity index (χ2n) is 5.05. The number of carboxylic acids is 1. The molecule has 0 aliphatic rings. The van der Waals surface area contributed by atoms with E-state index in [0.29, 0.717) is 17.3 Å². The van der Waals surface area contributed by atoms with Gasteiger partial charge in [0.05, 0.1) is 12.1 Å². The number of carbonyl (C=O) groups excluding carboxylic acids is 1. The fraction of sp³-hybridized carbons (Fsp3) is 0.118. The van der Waals surface area contributed by atoms with Crippen LogP contribution in [0.2, 0.25) is 0 Å². The Morgan fingerprint density at radius 1 is 1.16 bits per heavy atom. The van der Waals surface area contributed by atoms with Gasteiger partial charge in [0, 0.05) is 15.8 Å². The minimum absolute atomic E-state index is 0.0965. The van der Waals surface area contributed by atoms with Crippen LogP contribution in [0.5, 0.6) is 5.75 Å². The van der Waals surface area contributed by atoms with E-state index in [9.17, 15) is 9.59 Å². The highest BCUT2D eigenvalue weighted by Crippen LogP contribution is 2.26. The number of carboxylic acid groups (broad SMARTS) is 1. The van der Waals surface area contributed by atoms with Gasteiger partial charge in [-0.3, -0.25) is 4.79 Å². The Bertz CT molecular complexity index is 857. The number of amides is 1. The molecule has 3 rings (SSSR count). The normalized spacial score (nSPS) is 10.4. The first-order valence-corrected chi connectivity index (χ1v) is 9.09. The molecule has 0 atom stereocenters. The predicted octanol–water partition coefficient (Wildman–Crippen LogP) is 3.52. The Hall–Kier alpha value is -2.71. The number of hydrogen-bond acceptors (Lipinski definition) is 6. The van der Waals surface area contributed by atoms with Gasteiger partial charge in [-0.05, 0) is 35.7 Å². The van der Waals surface area contributed by atoms with E-state index in [1.54, 1.807) is 35.6 Å². The van der Waals surface area contributed by atoms with Crippen LogP contribution < -0.4 is 10.1 Å². The topological polar surface area (TPSA) is 88.5 Å². The molecule has 0 aliphatic heterocycles. The molecule has 0 saturated heterocycles. The number of thiazole rings is 1. The third-order valence-electron chi connectivity index (χ3n) is 3.18. The molecule has 2 heterocycles. The summed E-state index contributed by atoms with van der Waals surface area (Å²) in [6, 6.07) is 10.8. The van der Waals surface area contributed by atoms with E-state index in [1.807, 2.05) is 22.9 Å². The van der Waals surface area contributed by atoms with Crippen molar-refractivity contribution in [3.05, 3.63) is 52.0 Å². The first-order valence-electron chi connectivity index (χ1n) is 7.33. The van der Waals surface area contributed by atoms with Gasteiger partial charge in [-0.2, -0.15) is 0 Å². The molecule has 128 valence electrons. The molecule has 0 aliphatic carbocycles. The smallest absolute Gasteiger partial charge is 0.341 e. The van der Waals surface area contributed by atoms with Gasteiger partial charge >= 0.3 is 5.97 Å². The van der Waals surface area contributed by atoms with E-state index in [1.165, 1.54) is 11.3 Å². The van der Waals surface area contributed by atoms with Crippen LogP contribution in [-0.4, -0.2) is 28.6 Å². The third-order valence-corrected chi connectivity index (χ3v) is 4.81. The number of anilines is 1. The summed E-state index contributed by atoms with van der Waals surface area (Å²) in [4.78, 5) is 27.9. The van der Waals surface area contributed by atoms with Gasteiger partial charge in [0.25, 0.3) is 0 Å². The Morgan fingerprint density at radius 2 is 1.96 bits per heavy atom. The Labute approximate surface area is 151 Å². The zero-order chi connectivity index (χ0) is 17.6. The minimum Gasteiger partial charge on any atom is -0.482 e. The van der Waals surface area contributed by atoms with Crippen molar-refractivity contribution in [2.24, 2.45) is 0 Å². The highest BCUT2D eigenvalue weighted by molar-refractivity contribution is 7.14. The van der Waals surface area contributed by atoms with Gasteiger partial charge in [-0.1, -0.05) is 6.07 Å². The summed E-state index contributed by atoms with van der Waals surface area (Å²) in [6.45, 7) is -0.379. The number of ether oxygens (including phenoxy) is 1. The van der Waals surface area contributed by atoms with Crippen molar-refractivity contribution < 1.29 is 19.4 Å². The van der Waals surface area contributed by atoms with Crippen molar-refractivity contribution in [1.29, 1.82) is 0 Å². The van der Waals surface area contributed by atoms with E-state index in [0.717, 1.165) is 16.1 Å². The summed E-state index contributed by atoms with van der Waals surface area (Å²) in [5, 5.41) is 15.7. The Balaban J connectivity index is 1.60. The maximum atomic E-state index is 12.0. The van der Waals surface area contributed by atoms with Crippen molar-refractivity contribution in [3.8, 4) is 17.0 Å². The number of rotatable bonds is 7. The molecular formula is C17H14N2O4S2. The molecule has 0 fully saturated rings. The van der Waals surface area contributed by atoms with Crippen molar-refractivity contribution >= 4 is 39.7 Å². The Morgan fingerprint density at radius 3 is 2.64 bits per heavy atom. The summed E-state index contributed by atoms with van der Waals surface area (Å²) < 4.78 is 5.09. The van der Waals surface area contributed by atoms with Crippen molar-refractivity contribution in [3.63, 3.8) is 0 Å². The molecule has 3 aromatic rings. The number of carbonyl (C=O) groups is 2. The van der Waals surface area contributed by atoms with E-state index in [4.69, 9.17) is 9.84 Å². The van der Waals surface area contributed by atoms with Gasteiger partial charge < -0.3 is 15.2 Å². The summed E-state index contributed by atoms with van der Waals surface area (Å²) in [5.41, 5.74) is 1.60. The average molecular weight is 374 g/mol. The lowest BCUT2D eigenvalue weighted by atomic mass is 10.2. The largest absolute Gasteiger partial charge is 0.482 e. The van der Waals surface area contributed by atoms with Crippen LogP contribution in [0.4, 0.5) is 5.13 Å². The monoisotopic (exact) mass is 374 g/mol. The van der Waals surface area contributed by atoms with Crippen LogP contribution in [0.15, 0.2) is 47.2 Å². The zero-order valence-corrected chi connectivity index (χ0v) is 14.6. The lowest BCUT2D eigenvalue weighted by Gasteiger charge is -2.03. The molecule has 6 nitrogen and oxygen atoms in total. The molecule has 25 heavy (non-hydrogen) atoms. The average Bonchev–Trinajstić information content (AvgIpc) is 3.25. The molecule has 0 saturated carbocycles. The molecule has 2 N–H and O–H groups in total. The quantitative estimate of drug-likeness (QED) is 0.661. The lowest BCUT2D eigenvalue weighted by Crippen LogP contribution is -2.13. The minimum atomic E-state index is -1.02. The number of aromatic nitrogens is 1. The van der Waals surface area contributed by atoms with E-state index >= 15 is 0 Å². The number of nitrogens with zero attached hydrogens (tertiary/aromatic N) is 1. The molecule has 1 amide bonds. The van der Waals surface area contributed by atoms with Crippen LogP contribution in [0, 0.1) is 0 Å². The standard InChI is InChI=1S/C17H14N2O4S2/c20-15(8-13-2-1-7-24-13)19-17-18-14(10-25-17)11-3-5-12(6-4-11)23-9-16(21)22/h1-7,10H,8-9H2,(H,21,22)(H,18,19,20). The molecule has 0 bridgehead atoms. The molecule has 8 heteroatoms. The van der Waals surface area contributed by atoms with Crippen LogP contribution >= 0.6 is 22.7 Å². The number of nitrogens with one attached hydrogen (secondary N) is 1. The Kier molecular flexibility index (Phi) is 5.42. The molecule has 0 unspecified atom stereocenters. The maximum Gasteiger partial charge on any atom is 0.341 e. The first kappa shape index (κ1) is 17.1. The second kappa shape index (κ2) is 7.91. The summed E-state index contributed by atoms with van der Waals surface area (Å²) in [5.74, 6) is -0.641. The van der Waals surface area contributed by atoms with Gasteiger partial charge in [-0.15, -0.1) is 22.7 Å². The summed E-state index contributed by atoms with van der Waals surface area (Å²) in [6.07, 6.45) is 0.336. The van der Waals surface area contributed by atoms with Gasteiger partial charge in [0.15, 0.2) is 11.7 Å². The SMILES string of the molecule is O=C(O)COc1ccc(-c2csc(NC(=O)Cc3cccs3)n2)cc1. The number of hydrogen-bond donors (Lipinski definition) is 2. The number of thiophene rings is 1. The van der Waals surface area contributed by atoms with Crippen LogP contribution in [-0.2, 0) is 16.0 Å². The molecule has 0 spiro atoms. The van der Waals surface area contributed by atoms with E-state index < -0.39 is 5.97 Å². The highest BCUT2D eigenvalue weighted by Gasteiger charge is 2.09.